The smallest absolute Gasteiger partial charge is 0.377 e. The topological polar surface area (TPSA) is 64.6 Å². The quantitative estimate of drug-likeness (QED) is 0.349. The second-order valence-corrected chi connectivity index (χ2v) is 10.7. The van der Waals surface area contributed by atoms with Gasteiger partial charge in [0.05, 0.1) is 0 Å². The van der Waals surface area contributed by atoms with Crippen LogP contribution >= 0.6 is 0 Å². The molecule has 0 aliphatic rings. The van der Waals surface area contributed by atoms with Gasteiger partial charge >= 0.3 is 17.9 Å². The first-order chi connectivity index (χ1) is 10.5. The van der Waals surface area contributed by atoms with E-state index in [1.807, 2.05) is 0 Å². The summed E-state index contributed by atoms with van der Waals surface area (Å²) in [5, 5.41) is 0. The second-order valence-electron chi connectivity index (χ2n) is 5.07. The highest BCUT2D eigenvalue weighted by molar-refractivity contribution is 6.60. The molecule has 0 aromatic carbocycles. The summed E-state index contributed by atoms with van der Waals surface area (Å²) in [5.74, 6) is 0.385. The van der Waals surface area contributed by atoms with E-state index in [9.17, 15) is 0 Å². The Morgan fingerprint density at radius 1 is 0.727 bits per heavy atom. The molecule has 1 atom stereocenters. The van der Waals surface area contributed by atoms with Crippen LogP contribution in [0, 0.1) is 5.92 Å². The Morgan fingerprint density at radius 2 is 1.23 bits per heavy atom. The van der Waals surface area contributed by atoms with Crippen LogP contribution in [-0.4, -0.2) is 67.1 Å². The van der Waals surface area contributed by atoms with Gasteiger partial charge in [-0.25, -0.2) is 0 Å². The van der Waals surface area contributed by atoms with Crippen LogP contribution in [0.3, 0.4) is 0 Å². The summed E-state index contributed by atoms with van der Waals surface area (Å²) >= 11 is 0. The SMILES string of the molecule is CO[Si](CCCCC(C)CO[Si](OC)(OC)OC)(OC)OC. The third kappa shape index (κ3) is 7.15. The van der Waals surface area contributed by atoms with Gasteiger partial charge in [0.1, 0.15) is 0 Å². The minimum absolute atomic E-state index is 0.385. The number of unbranched alkanes of at least 4 members (excludes halogenated alkanes) is 1. The monoisotopic (exact) mass is 356 g/mol. The number of hydrogen-bond acceptors (Lipinski definition) is 7. The summed E-state index contributed by atoms with van der Waals surface area (Å²) in [6, 6.07) is 0.816. The van der Waals surface area contributed by atoms with Crippen LogP contribution in [0.5, 0.6) is 0 Å². The maximum atomic E-state index is 5.71. The molecule has 9 heteroatoms. The first-order valence-electron chi connectivity index (χ1n) is 7.41. The molecule has 0 N–H and O–H groups in total. The second kappa shape index (κ2) is 11.7. The van der Waals surface area contributed by atoms with Crippen molar-refractivity contribution in [2.24, 2.45) is 5.92 Å². The van der Waals surface area contributed by atoms with Gasteiger partial charge < -0.3 is 31.0 Å². The van der Waals surface area contributed by atoms with Gasteiger partial charge in [0.25, 0.3) is 0 Å². The molecule has 0 heterocycles. The first kappa shape index (κ1) is 22.2. The molecule has 0 spiro atoms. The predicted octanol–water partition coefficient (Wildman–Crippen LogP) is 2.06. The van der Waals surface area contributed by atoms with Crippen LogP contribution in [0.2, 0.25) is 6.04 Å². The minimum atomic E-state index is -2.93. The first-order valence-corrected chi connectivity index (χ1v) is 11.0. The van der Waals surface area contributed by atoms with Crippen molar-refractivity contribution in [2.75, 3.05) is 49.3 Å². The maximum Gasteiger partial charge on any atom is 0.678 e. The van der Waals surface area contributed by atoms with Gasteiger partial charge in [0, 0.05) is 55.3 Å². The summed E-state index contributed by atoms with van der Waals surface area (Å²) in [7, 11) is 4.16. The fraction of sp³-hybridized carbons (Fsp3) is 1.00. The molecule has 134 valence electrons. The molecule has 7 nitrogen and oxygen atoms in total. The summed E-state index contributed by atoms with van der Waals surface area (Å²) in [5.41, 5.74) is 0. The molecule has 0 saturated heterocycles. The molecule has 0 amide bonds. The van der Waals surface area contributed by atoms with Gasteiger partial charge in [-0.05, 0) is 18.8 Å². The van der Waals surface area contributed by atoms with Gasteiger partial charge in [-0.15, -0.1) is 0 Å². The predicted molar refractivity (Wildman–Crippen MR) is 87.3 cm³/mol. The summed E-state index contributed by atoms with van der Waals surface area (Å²) in [4.78, 5) is 0. The molecular formula is C13H32O7Si2. The molecular weight excluding hydrogens is 324 g/mol. The Balaban J connectivity index is 4.02. The Morgan fingerprint density at radius 3 is 1.64 bits per heavy atom. The average Bonchev–Trinajstić information content (AvgIpc) is 2.57. The fourth-order valence-corrected chi connectivity index (χ4v) is 5.28. The van der Waals surface area contributed by atoms with Gasteiger partial charge in [-0.1, -0.05) is 13.3 Å². The lowest BCUT2D eigenvalue weighted by Crippen LogP contribution is -2.47. The van der Waals surface area contributed by atoms with E-state index < -0.39 is 17.9 Å². The summed E-state index contributed by atoms with van der Waals surface area (Å²) < 4.78 is 37.6. The molecule has 0 aromatic heterocycles. The van der Waals surface area contributed by atoms with E-state index in [0.717, 1.165) is 25.3 Å². The molecule has 22 heavy (non-hydrogen) atoms. The third-order valence-corrected chi connectivity index (χ3v) is 8.51. The van der Waals surface area contributed by atoms with Crippen molar-refractivity contribution in [3.05, 3.63) is 0 Å². The van der Waals surface area contributed by atoms with Crippen molar-refractivity contribution in [2.45, 2.75) is 32.2 Å². The Hall–Kier alpha value is 0.154. The number of hydrogen-bond donors (Lipinski definition) is 0. The van der Waals surface area contributed by atoms with Crippen LogP contribution in [-0.2, 0) is 31.0 Å². The standard InChI is InChI=1S/C13H32O7Si2/c1-13(12-20-22(17-5,18-6)19-7)10-8-9-11-21(14-2,15-3)16-4/h13H,8-12H2,1-7H3. The normalized spacial score (nSPS) is 14.3. The average molecular weight is 357 g/mol. The van der Waals surface area contributed by atoms with Crippen molar-refractivity contribution in [1.29, 1.82) is 0 Å². The van der Waals surface area contributed by atoms with Crippen molar-refractivity contribution in [1.82, 2.24) is 0 Å². The highest BCUT2D eigenvalue weighted by atomic mass is 28.4. The largest absolute Gasteiger partial charge is 0.678 e. The zero-order chi connectivity index (χ0) is 17.1. The van der Waals surface area contributed by atoms with Crippen molar-refractivity contribution in [3.8, 4) is 0 Å². The van der Waals surface area contributed by atoms with E-state index in [1.54, 1.807) is 21.3 Å². The Bertz CT molecular complexity index is 257. The van der Waals surface area contributed by atoms with Crippen LogP contribution in [0.4, 0.5) is 0 Å². The molecule has 0 bridgehead atoms. The highest BCUT2D eigenvalue weighted by Crippen LogP contribution is 2.19. The fourth-order valence-electron chi connectivity index (χ4n) is 2.14. The van der Waals surface area contributed by atoms with E-state index in [-0.39, 0.29) is 0 Å². The summed E-state index contributed by atoms with van der Waals surface area (Å²) in [6.07, 6.45) is 3.08. The molecule has 0 aromatic rings. The zero-order valence-electron chi connectivity index (χ0n) is 15.0. The van der Waals surface area contributed by atoms with Crippen LogP contribution in [0.25, 0.3) is 0 Å². The van der Waals surface area contributed by atoms with Crippen molar-refractivity contribution in [3.63, 3.8) is 0 Å². The molecule has 0 saturated carbocycles. The zero-order valence-corrected chi connectivity index (χ0v) is 17.0. The van der Waals surface area contributed by atoms with E-state index >= 15 is 0 Å². The molecule has 0 radical (unpaired) electrons. The lowest BCUT2D eigenvalue weighted by Gasteiger charge is -2.25. The van der Waals surface area contributed by atoms with E-state index in [4.69, 9.17) is 31.0 Å². The van der Waals surface area contributed by atoms with E-state index in [0.29, 0.717) is 12.5 Å². The molecule has 0 aliphatic carbocycles. The number of rotatable bonds is 14. The van der Waals surface area contributed by atoms with E-state index in [1.165, 1.54) is 21.3 Å². The van der Waals surface area contributed by atoms with Crippen molar-refractivity contribution >= 4 is 17.9 Å². The van der Waals surface area contributed by atoms with Gasteiger partial charge in [-0.3, -0.25) is 0 Å². The van der Waals surface area contributed by atoms with E-state index in [2.05, 4.69) is 6.92 Å². The van der Waals surface area contributed by atoms with Crippen LogP contribution in [0.15, 0.2) is 0 Å². The molecule has 0 aliphatic heterocycles. The van der Waals surface area contributed by atoms with Gasteiger partial charge in [-0.2, -0.15) is 0 Å². The molecule has 0 fully saturated rings. The van der Waals surface area contributed by atoms with Gasteiger partial charge in [0.15, 0.2) is 0 Å². The molecule has 1 unspecified atom stereocenters. The summed E-state index contributed by atoms with van der Waals surface area (Å²) in [6.45, 7) is 2.68. The lowest BCUT2D eigenvalue weighted by molar-refractivity contribution is -0.00257. The van der Waals surface area contributed by atoms with Crippen LogP contribution in [0.1, 0.15) is 26.2 Å². The Labute approximate surface area is 137 Å². The Kier molecular flexibility index (Phi) is 11.7. The van der Waals surface area contributed by atoms with Crippen LogP contribution < -0.4 is 0 Å². The molecule has 0 rings (SSSR count). The van der Waals surface area contributed by atoms with Crippen molar-refractivity contribution < 1.29 is 31.0 Å². The maximum absolute atomic E-state index is 5.71. The van der Waals surface area contributed by atoms with Gasteiger partial charge in [0.2, 0.25) is 0 Å². The lowest BCUT2D eigenvalue weighted by atomic mass is 10.1. The third-order valence-electron chi connectivity index (χ3n) is 3.66. The minimum Gasteiger partial charge on any atom is -0.377 e. The highest BCUT2D eigenvalue weighted by Gasteiger charge is 2.42.